The van der Waals surface area contributed by atoms with E-state index in [2.05, 4.69) is 92.7 Å². The molecule has 3 aromatic carbocycles. The van der Waals surface area contributed by atoms with Gasteiger partial charge in [0.15, 0.2) is 0 Å². The predicted molar refractivity (Wildman–Crippen MR) is 117 cm³/mol. The molecule has 3 aliphatic rings. The molecule has 3 aromatic rings. The highest BCUT2D eigenvalue weighted by molar-refractivity contribution is 5.88. The molecule has 0 amide bonds. The molecule has 1 spiro atoms. The third kappa shape index (κ3) is 1.91. The molecule has 2 atom stereocenters. The molecule has 0 nitrogen and oxygen atoms in total. The van der Waals surface area contributed by atoms with Gasteiger partial charge in [0.05, 0.1) is 5.41 Å². The zero-order valence-corrected chi connectivity index (χ0v) is 16.5. The van der Waals surface area contributed by atoms with E-state index in [-0.39, 0.29) is 5.41 Å². The Balaban J connectivity index is 1.81. The zero-order valence-electron chi connectivity index (χ0n) is 16.5. The topological polar surface area (TPSA) is 0 Å². The highest BCUT2D eigenvalue weighted by atomic mass is 14.5. The highest BCUT2D eigenvalue weighted by Gasteiger charge is 2.51. The van der Waals surface area contributed by atoms with Gasteiger partial charge in [-0.2, -0.15) is 0 Å². The Morgan fingerprint density at radius 3 is 2.46 bits per heavy atom. The first-order chi connectivity index (χ1) is 13.7. The fourth-order valence-corrected chi connectivity index (χ4v) is 5.85. The molecule has 0 fully saturated rings. The second kappa shape index (κ2) is 5.58. The summed E-state index contributed by atoms with van der Waals surface area (Å²) in [5, 5.41) is 0. The normalized spacial score (nSPS) is 24.0. The van der Waals surface area contributed by atoms with Gasteiger partial charge in [-0.3, -0.25) is 0 Å². The molecule has 0 aliphatic heterocycles. The smallest absolute Gasteiger partial charge is 0.0716 e. The van der Waals surface area contributed by atoms with E-state index < -0.39 is 0 Å². The van der Waals surface area contributed by atoms with Crippen molar-refractivity contribution in [2.75, 3.05) is 0 Å². The first kappa shape index (κ1) is 16.1. The minimum Gasteiger partial charge on any atom is -0.0789 e. The lowest BCUT2D eigenvalue weighted by Gasteiger charge is -2.43. The summed E-state index contributed by atoms with van der Waals surface area (Å²) in [6, 6.07) is 25.2. The molecule has 2 unspecified atom stereocenters. The van der Waals surface area contributed by atoms with E-state index in [1.54, 1.807) is 0 Å². The second-order valence-electron chi connectivity index (χ2n) is 8.70. The van der Waals surface area contributed by atoms with Crippen LogP contribution >= 0.6 is 0 Å². The molecule has 0 heterocycles. The Kier molecular flexibility index (Phi) is 3.21. The fourth-order valence-electron chi connectivity index (χ4n) is 5.85. The highest BCUT2D eigenvalue weighted by Crippen LogP contribution is 2.61. The predicted octanol–water partition coefficient (Wildman–Crippen LogP) is 6.76. The van der Waals surface area contributed by atoms with Crippen LogP contribution < -0.4 is 0 Å². The largest absolute Gasteiger partial charge is 0.0789 e. The summed E-state index contributed by atoms with van der Waals surface area (Å²) >= 11 is 0. The molecule has 0 bridgehead atoms. The monoisotopic (exact) mass is 360 g/mol. The van der Waals surface area contributed by atoms with Gasteiger partial charge in [-0.05, 0) is 70.2 Å². The van der Waals surface area contributed by atoms with Crippen molar-refractivity contribution in [3.05, 3.63) is 118 Å². The Hall–Kier alpha value is -2.86. The van der Waals surface area contributed by atoms with Gasteiger partial charge < -0.3 is 0 Å². The first-order valence-electron chi connectivity index (χ1n) is 10.4. The van der Waals surface area contributed by atoms with Gasteiger partial charge in [-0.25, -0.2) is 0 Å². The van der Waals surface area contributed by atoms with Crippen LogP contribution in [0.1, 0.15) is 41.2 Å². The molecule has 0 saturated carbocycles. The van der Waals surface area contributed by atoms with Crippen molar-refractivity contribution in [2.24, 2.45) is 5.92 Å². The van der Waals surface area contributed by atoms with Crippen LogP contribution in [-0.2, 0) is 11.8 Å². The average molecular weight is 361 g/mol. The van der Waals surface area contributed by atoms with Gasteiger partial charge >= 0.3 is 0 Å². The van der Waals surface area contributed by atoms with Gasteiger partial charge in [0.1, 0.15) is 0 Å². The molecular formula is C28H24. The molecule has 0 aromatic heterocycles. The number of aryl methyl sites for hydroxylation is 1. The average Bonchev–Trinajstić information content (AvgIpc) is 2.99. The van der Waals surface area contributed by atoms with Crippen molar-refractivity contribution in [3.8, 4) is 11.1 Å². The number of fused-ring (bicyclic) bond motifs is 9. The van der Waals surface area contributed by atoms with Crippen LogP contribution in [0.3, 0.4) is 0 Å². The van der Waals surface area contributed by atoms with E-state index in [9.17, 15) is 0 Å². The van der Waals surface area contributed by atoms with Gasteiger partial charge in [0.2, 0.25) is 0 Å². The zero-order chi connectivity index (χ0) is 18.9. The number of rotatable bonds is 0. The molecule has 0 saturated heterocycles. The van der Waals surface area contributed by atoms with Crippen LogP contribution in [0.25, 0.3) is 11.1 Å². The Morgan fingerprint density at radius 2 is 1.57 bits per heavy atom. The molecule has 6 rings (SSSR count). The number of allylic oxidation sites excluding steroid dienone is 4. The summed E-state index contributed by atoms with van der Waals surface area (Å²) in [5.41, 5.74) is 12.9. The van der Waals surface area contributed by atoms with Gasteiger partial charge in [-0.15, -0.1) is 0 Å². The summed E-state index contributed by atoms with van der Waals surface area (Å²) < 4.78 is 0. The van der Waals surface area contributed by atoms with Crippen LogP contribution in [-0.4, -0.2) is 0 Å². The van der Waals surface area contributed by atoms with E-state index in [1.165, 1.54) is 50.1 Å². The molecule has 0 N–H and O–H groups in total. The van der Waals surface area contributed by atoms with Crippen LogP contribution in [0.15, 0.2) is 90.0 Å². The maximum Gasteiger partial charge on any atom is 0.0716 e. The van der Waals surface area contributed by atoms with Crippen LogP contribution in [0.4, 0.5) is 0 Å². The first-order valence-corrected chi connectivity index (χ1v) is 10.4. The Labute approximate surface area is 167 Å². The van der Waals surface area contributed by atoms with E-state index in [0.717, 1.165) is 12.8 Å². The van der Waals surface area contributed by atoms with Gasteiger partial charge in [0, 0.05) is 0 Å². The standard InChI is InChI=1S/C28H24/c1-18-12-14-25-21(15-18)17-20-7-3-5-9-24(20)28(25)26-10-6-4-8-22(26)23-13-11-19(2)16-27(23)28/h3-11,13-16,18H,12,17H2,1-2H3. The van der Waals surface area contributed by atoms with Gasteiger partial charge in [-0.1, -0.05) is 91.4 Å². The van der Waals surface area contributed by atoms with Gasteiger partial charge in [0.25, 0.3) is 0 Å². The van der Waals surface area contributed by atoms with E-state index in [4.69, 9.17) is 0 Å². The van der Waals surface area contributed by atoms with Crippen molar-refractivity contribution in [1.29, 1.82) is 0 Å². The van der Waals surface area contributed by atoms with Crippen LogP contribution in [0.2, 0.25) is 0 Å². The molecule has 3 aliphatic carbocycles. The fraction of sp³-hybridized carbons (Fsp3) is 0.214. The third-order valence-electron chi connectivity index (χ3n) is 6.93. The van der Waals surface area contributed by atoms with E-state index >= 15 is 0 Å². The SMILES string of the molecule is Cc1ccc2c(c1)C1(C3=CCC(C)C=C3Cc3ccccc31)c1ccccc1-2. The summed E-state index contributed by atoms with van der Waals surface area (Å²) in [5.74, 6) is 0.620. The van der Waals surface area contributed by atoms with E-state index in [1.807, 2.05) is 0 Å². The quantitative estimate of drug-likeness (QED) is 0.415. The second-order valence-corrected chi connectivity index (χ2v) is 8.70. The Morgan fingerprint density at radius 1 is 0.821 bits per heavy atom. The lowest BCUT2D eigenvalue weighted by atomic mass is 9.58. The van der Waals surface area contributed by atoms with Crippen LogP contribution in [0.5, 0.6) is 0 Å². The maximum atomic E-state index is 2.55. The molecular weight excluding hydrogens is 336 g/mol. The Bertz CT molecular complexity index is 1190. The molecule has 136 valence electrons. The lowest BCUT2D eigenvalue weighted by molar-refractivity contribution is 0.648. The number of benzene rings is 3. The summed E-state index contributed by atoms with van der Waals surface area (Å²) in [6.45, 7) is 4.56. The lowest BCUT2D eigenvalue weighted by Crippen LogP contribution is -2.36. The minimum atomic E-state index is -0.168. The van der Waals surface area contributed by atoms with Crippen LogP contribution in [0, 0.1) is 12.8 Å². The molecule has 0 heteroatoms. The van der Waals surface area contributed by atoms with Crippen molar-refractivity contribution in [2.45, 2.75) is 32.1 Å². The summed E-state index contributed by atoms with van der Waals surface area (Å²) in [7, 11) is 0. The number of hydrogen-bond acceptors (Lipinski definition) is 0. The molecule has 28 heavy (non-hydrogen) atoms. The maximum absolute atomic E-state index is 2.55. The number of hydrogen-bond donors (Lipinski definition) is 0. The van der Waals surface area contributed by atoms with Crippen molar-refractivity contribution in [1.82, 2.24) is 0 Å². The van der Waals surface area contributed by atoms with Crippen molar-refractivity contribution >= 4 is 0 Å². The van der Waals surface area contributed by atoms with E-state index in [0.29, 0.717) is 5.92 Å². The van der Waals surface area contributed by atoms with Crippen molar-refractivity contribution < 1.29 is 0 Å². The molecule has 0 radical (unpaired) electrons. The summed E-state index contributed by atoms with van der Waals surface area (Å²) in [4.78, 5) is 0. The minimum absolute atomic E-state index is 0.168. The summed E-state index contributed by atoms with van der Waals surface area (Å²) in [6.07, 6.45) is 7.26. The van der Waals surface area contributed by atoms with Crippen molar-refractivity contribution in [3.63, 3.8) is 0 Å². The third-order valence-corrected chi connectivity index (χ3v) is 6.93.